The summed E-state index contributed by atoms with van der Waals surface area (Å²) >= 11 is 1.17. The highest BCUT2D eigenvalue weighted by Crippen LogP contribution is 2.26. The van der Waals surface area contributed by atoms with Gasteiger partial charge in [-0.15, -0.1) is 11.3 Å². The highest BCUT2D eigenvalue weighted by molar-refractivity contribution is 7.94. The van der Waals surface area contributed by atoms with E-state index in [2.05, 4.69) is 6.07 Å². The number of carbonyl (C=O) groups is 1. The molecule has 0 unspecified atom stereocenters. The smallest absolute Gasteiger partial charge is 0.273 e. The maximum Gasteiger partial charge on any atom is 0.273 e. The molecule has 8 heteroatoms. The summed E-state index contributed by atoms with van der Waals surface area (Å²) < 4.78 is 32.3. The number of aryl methyl sites for hydroxylation is 2. The molecule has 0 radical (unpaired) electrons. The van der Waals surface area contributed by atoms with Gasteiger partial charge >= 0.3 is 0 Å². The van der Waals surface area contributed by atoms with Gasteiger partial charge < -0.3 is 9.64 Å². The van der Waals surface area contributed by atoms with Crippen LogP contribution in [0.1, 0.15) is 11.1 Å². The predicted octanol–water partition coefficient (Wildman–Crippen LogP) is 4.23. The van der Waals surface area contributed by atoms with Gasteiger partial charge in [0, 0.05) is 19.8 Å². The fourth-order valence-electron chi connectivity index (χ4n) is 2.97. The molecule has 1 heterocycles. The van der Waals surface area contributed by atoms with E-state index in [9.17, 15) is 13.2 Å². The van der Waals surface area contributed by atoms with Crippen LogP contribution in [0.2, 0.25) is 0 Å². The molecule has 30 heavy (non-hydrogen) atoms. The molecular formula is C22H24N2O4S2. The second-order valence-electron chi connectivity index (χ2n) is 6.99. The van der Waals surface area contributed by atoms with Crippen molar-refractivity contribution in [2.24, 2.45) is 0 Å². The normalized spacial score (nSPS) is 11.2. The van der Waals surface area contributed by atoms with Crippen molar-refractivity contribution in [3.8, 4) is 5.75 Å². The summed E-state index contributed by atoms with van der Waals surface area (Å²) in [6.07, 6.45) is 0. The third-order valence-corrected chi connectivity index (χ3v) is 7.80. The van der Waals surface area contributed by atoms with Crippen molar-refractivity contribution in [2.45, 2.75) is 18.1 Å². The van der Waals surface area contributed by atoms with Gasteiger partial charge in [0.15, 0.2) is 6.61 Å². The van der Waals surface area contributed by atoms with E-state index in [4.69, 9.17) is 4.74 Å². The highest BCUT2D eigenvalue weighted by atomic mass is 32.2. The number of likely N-dealkylation sites (N-methyl/N-ethyl adjacent to an activating group) is 1. The van der Waals surface area contributed by atoms with Gasteiger partial charge in [-0.3, -0.25) is 9.10 Å². The van der Waals surface area contributed by atoms with Gasteiger partial charge in [-0.1, -0.05) is 12.1 Å². The Bertz CT molecular complexity index is 1100. The molecule has 0 bridgehead atoms. The van der Waals surface area contributed by atoms with Gasteiger partial charge in [-0.25, -0.2) is 8.42 Å². The Hall–Kier alpha value is -2.84. The lowest BCUT2D eigenvalue weighted by molar-refractivity contribution is -0.120. The van der Waals surface area contributed by atoms with Crippen LogP contribution < -0.4 is 13.9 Å². The van der Waals surface area contributed by atoms with Crippen molar-refractivity contribution >= 4 is 38.6 Å². The van der Waals surface area contributed by atoms with Crippen molar-refractivity contribution in [3.63, 3.8) is 0 Å². The van der Waals surface area contributed by atoms with Gasteiger partial charge in [-0.05, 0) is 72.8 Å². The zero-order valence-electron chi connectivity index (χ0n) is 17.3. The third kappa shape index (κ3) is 4.83. The minimum atomic E-state index is -3.59. The molecule has 0 saturated heterocycles. The molecule has 158 valence electrons. The number of anilines is 2. The average Bonchev–Trinajstić information content (AvgIpc) is 3.26. The average molecular weight is 445 g/mol. The van der Waals surface area contributed by atoms with E-state index in [1.165, 1.54) is 22.7 Å². The maximum atomic E-state index is 12.6. The topological polar surface area (TPSA) is 66.9 Å². The molecule has 0 aliphatic heterocycles. The van der Waals surface area contributed by atoms with Gasteiger partial charge in [0.25, 0.3) is 15.9 Å². The van der Waals surface area contributed by atoms with E-state index < -0.39 is 10.0 Å². The zero-order chi connectivity index (χ0) is 21.9. The molecule has 0 fully saturated rings. The Balaban J connectivity index is 1.64. The molecule has 0 saturated carbocycles. The molecule has 1 amide bonds. The van der Waals surface area contributed by atoms with Gasteiger partial charge in [0.05, 0.1) is 5.69 Å². The first-order valence-electron chi connectivity index (χ1n) is 9.28. The van der Waals surface area contributed by atoms with Crippen LogP contribution in [0, 0.1) is 13.8 Å². The van der Waals surface area contributed by atoms with Crippen LogP contribution in [0.4, 0.5) is 11.4 Å². The van der Waals surface area contributed by atoms with Crippen LogP contribution in [-0.2, 0) is 14.8 Å². The maximum absolute atomic E-state index is 12.6. The fraction of sp³-hybridized carbons (Fsp3) is 0.227. The fourth-order valence-corrected chi connectivity index (χ4v) is 5.32. The number of thiophene rings is 1. The minimum absolute atomic E-state index is 0.119. The standard InChI is InChI=1S/C22H24N2O4S2/c1-16-12-17(2)14-19(13-16)23(3)21(25)15-28-20-9-7-18(8-10-20)24(4)30(26,27)22-6-5-11-29-22/h5-14H,15H2,1-4H3. The van der Waals surface area contributed by atoms with E-state index in [-0.39, 0.29) is 16.7 Å². The Labute approximate surface area is 181 Å². The van der Waals surface area contributed by atoms with Crippen molar-refractivity contribution < 1.29 is 17.9 Å². The van der Waals surface area contributed by atoms with E-state index >= 15 is 0 Å². The Kier molecular flexibility index (Phi) is 6.48. The summed E-state index contributed by atoms with van der Waals surface area (Å²) in [5.74, 6) is 0.310. The summed E-state index contributed by atoms with van der Waals surface area (Å²) in [5, 5.41) is 1.73. The van der Waals surface area contributed by atoms with E-state index in [0.29, 0.717) is 11.4 Å². The molecule has 0 aliphatic carbocycles. The van der Waals surface area contributed by atoms with Crippen LogP contribution in [0.25, 0.3) is 0 Å². The Morgan fingerprint density at radius 1 is 0.967 bits per heavy atom. The quantitative estimate of drug-likeness (QED) is 0.547. The number of nitrogens with zero attached hydrogens (tertiary/aromatic N) is 2. The van der Waals surface area contributed by atoms with E-state index in [1.807, 2.05) is 26.0 Å². The first-order valence-corrected chi connectivity index (χ1v) is 11.6. The molecule has 2 aromatic carbocycles. The summed E-state index contributed by atoms with van der Waals surface area (Å²) in [6, 6.07) is 15.8. The lowest BCUT2D eigenvalue weighted by Gasteiger charge is -2.20. The molecule has 0 aliphatic rings. The first-order chi connectivity index (χ1) is 14.2. The number of hydrogen-bond donors (Lipinski definition) is 0. The van der Waals surface area contributed by atoms with Crippen LogP contribution in [0.15, 0.2) is 64.2 Å². The summed E-state index contributed by atoms with van der Waals surface area (Å²) in [5.41, 5.74) is 3.50. The second kappa shape index (κ2) is 8.89. The number of rotatable bonds is 7. The monoisotopic (exact) mass is 444 g/mol. The number of ether oxygens (including phenoxy) is 1. The molecular weight excluding hydrogens is 420 g/mol. The van der Waals surface area contributed by atoms with Crippen molar-refractivity contribution in [3.05, 3.63) is 71.1 Å². The van der Waals surface area contributed by atoms with Crippen LogP contribution in [0.3, 0.4) is 0 Å². The van der Waals surface area contributed by atoms with Gasteiger partial charge in [-0.2, -0.15) is 0 Å². The van der Waals surface area contributed by atoms with Crippen LogP contribution in [-0.4, -0.2) is 35.0 Å². The number of hydrogen-bond acceptors (Lipinski definition) is 5. The SMILES string of the molecule is Cc1cc(C)cc(N(C)C(=O)COc2ccc(N(C)S(=O)(=O)c3cccs3)cc2)c1. The molecule has 0 spiro atoms. The van der Waals surface area contributed by atoms with Crippen LogP contribution in [0.5, 0.6) is 5.75 Å². The largest absolute Gasteiger partial charge is 0.484 e. The van der Waals surface area contributed by atoms with E-state index in [1.54, 1.807) is 53.7 Å². The predicted molar refractivity (Wildman–Crippen MR) is 121 cm³/mol. The molecule has 3 rings (SSSR count). The van der Waals surface area contributed by atoms with Crippen LogP contribution >= 0.6 is 11.3 Å². The van der Waals surface area contributed by atoms with Crippen molar-refractivity contribution in [1.29, 1.82) is 0 Å². The third-order valence-electron chi connectivity index (χ3n) is 4.64. The summed E-state index contributed by atoms with van der Waals surface area (Å²) in [7, 11) is -0.363. The molecule has 0 N–H and O–H groups in total. The van der Waals surface area contributed by atoms with Crippen molar-refractivity contribution in [1.82, 2.24) is 0 Å². The lowest BCUT2D eigenvalue weighted by atomic mass is 10.1. The van der Waals surface area contributed by atoms with Gasteiger partial charge in [0.2, 0.25) is 0 Å². The Morgan fingerprint density at radius 2 is 1.60 bits per heavy atom. The zero-order valence-corrected chi connectivity index (χ0v) is 19.0. The number of carbonyl (C=O) groups excluding carboxylic acids is 1. The summed E-state index contributed by atoms with van der Waals surface area (Å²) in [4.78, 5) is 14.1. The lowest BCUT2D eigenvalue weighted by Crippen LogP contribution is -2.31. The molecule has 0 atom stereocenters. The number of sulfonamides is 1. The van der Waals surface area contributed by atoms with Gasteiger partial charge in [0.1, 0.15) is 9.96 Å². The highest BCUT2D eigenvalue weighted by Gasteiger charge is 2.22. The van der Waals surface area contributed by atoms with E-state index in [0.717, 1.165) is 16.8 Å². The minimum Gasteiger partial charge on any atom is -0.484 e. The number of benzene rings is 2. The summed E-state index contributed by atoms with van der Waals surface area (Å²) in [6.45, 7) is 3.86. The Morgan fingerprint density at radius 3 is 2.17 bits per heavy atom. The second-order valence-corrected chi connectivity index (χ2v) is 10.1. The molecule has 6 nitrogen and oxygen atoms in total. The molecule has 1 aromatic heterocycles. The molecule has 3 aromatic rings. The first kappa shape index (κ1) is 21.9. The van der Waals surface area contributed by atoms with Crippen molar-refractivity contribution in [2.75, 3.05) is 29.9 Å². The number of amides is 1.